The average molecular weight is 362 g/mol. The van der Waals surface area contributed by atoms with E-state index in [2.05, 4.69) is 11.6 Å². The van der Waals surface area contributed by atoms with Crippen LogP contribution in [0.1, 0.15) is 35.9 Å². The topological polar surface area (TPSA) is 79.6 Å². The van der Waals surface area contributed by atoms with Gasteiger partial charge in [0.2, 0.25) is 10.0 Å². The first kappa shape index (κ1) is 17.7. The summed E-state index contributed by atoms with van der Waals surface area (Å²) in [5.41, 5.74) is 0.398. The van der Waals surface area contributed by atoms with E-state index < -0.39 is 10.0 Å². The first-order valence-electron chi connectivity index (χ1n) is 8.37. The average Bonchev–Trinajstić information content (AvgIpc) is 3.13. The van der Waals surface area contributed by atoms with E-state index in [0.717, 1.165) is 19.4 Å². The SMILES string of the molecule is CC1CCCN(C(=O)c2cccc(S(=O)(=O)NCc3ccco3)c2)C1. The lowest BCUT2D eigenvalue weighted by molar-refractivity contribution is 0.0683. The highest BCUT2D eigenvalue weighted by atomic mass is 32.2. The summed E-state index contributed by atoms with van der Waals surface area (Å²) in [6.07, 6.45) is 3.59. The molecule has 134 valence electrons. The standard InChI is InChI=1S/C18H22N2O4S/c1-14-5-3-9-20(13-14)18(21)15-6-2-8-17(11-15)25(22,23)19-12-16-7-4-10-24-16/h2,4,6-8,10-11,14,19H,3,5,9,12-13H2,1H3. The van der Waals surface area contributed by atoms with E-state index in [1.165, 1.54) is 18.4 Å². The lowest BCUT2D eigenvalue weighted by Gasteiger charge is -2.31. The molecule has 1 fully saturated rings. The van der Waals surface area contributed by atoms with Crippen molar-refractivity contribution in [2.45, 2.75) is 31.2 Å². The minimum atomic E-state index is -3.71. The third-order valence-corrected chi connectivity index (χ3v) is 5.75. The Hall–Kier alpha value is -2.12. The third-order valence-electron chi connectivity index (χ3n) is 4.35. The number of carbonyl (C=O) groups is 1. The molecule has 1 aliphatic heterocycles. The maximum Gasteiger partial charge on any atom is 0.253 e. The first-order chi connectivity index (χ1) is 12.0. The Balaban J connectivity index is 1.75. The van der Waals surface area contributed by atoms with Gasteiger partial charge in [0.1, 0.15) is 5.76 Å². The molecule has 6 nitrogen and oxygen atoms in total. The highest BCUT2D eigenvalue weighted by Gasteiger charge is 2.23. The van der Waals surface area contributed by atoms with Gasteiger partial charge in [0.15, 0.2) is 0 Å². The molecule has 0 radical (unpaired) electrons. The maximum absolute atomic E-state index is 12.7. The summed E-state index contributed by atoms with van der Waals surface area (Å²) in [4.78, 5) is 14.5. The molecule has 1 aromatic carbocycles. The van der Waals surface area contributed by atoms with Gasteiger partial charge in [-0.3, -0.25) is 4.79 Å². The van der Waals surface area contributed by atoms with Crippen LogP contribution in [-0.2, 0) is 16.6 Å². The Morgan fingerprint density at radius 3 is 2.88 bits per heavy atom. The molecule has 1 N–H and O–H groups in total. The quantitative estimate of drug-likeness (QED) is 0.887. The van der Waals surface area contributed by atoms with Crippen molar-refractivity contribution in [1.29, 1.82) is 0 Å². The number of likely N-dealkylation sites (tertiary alicyclic amines) is 1. The number of hydrogen-bond donors (Lipinski definition) is 1. The van der Waals surface area contributed by atoms with E-state index in [9.17, 15) is 13.2 Å². The van der Waals surface area contributed by atoms with Crippen molar-refractivity contribution in [1.82, 2.24) is 9.62 Å². The fourth-order valence-corrected chi connectivity index (χ4v) is 4.05. The second-order valence-corrected chi connectivity index (χ2v) is 8.20. The van der Waals surface area contributed by atoms with Crippen LogP contribution < -0.4 is 4.72 Å². The third kappa shape index (κ3) is 4.29. The molecule has 0 bridgehead atoms. The van der Waals surface area contributed by atoms with E-state index >= 15 is 0 Å². The zero-order valence-electron chi connectivity index (χ0n) is 14.1. The van der Waals surface area contributed by atoms with Crippen LogP contribution in [-0.4, -0.2) is 32.3 Å². The van der Waals surface area contributed by atoms with Crippen molar-refractivity contribution in [3.8, 4) is 0 Å². The molecule has 0 aliphatic carbocycles. The van der Waals surface area contributed by atoms with Crippen molar-refractivity contribution in [3.63, 3.8) is 0 Å². The molecule has 1 aromatic heterocycles. The Kier molecular flexibility index (Phi) is 5.24. The van der Waals surface area contributed by atoms with Crippen molar-refractivity contribution in [2.24, 2.45) is 5.92 Å². The summed E-state index contributed by atoms with van der Waals surface area (Å²) in [6, 6.07) is 9.57. The van der Waals surface area contributed by atoms with Crippen LogP contribution in [0, 0.1) is 5.92 Å². The molecule has 2 aromatic rings. The van der Waals surface area contributed by atoms with Crippen LogP contribution in [0.4, 0.5) is 0 Å². The number of furan rings is 1. The van der Waals surface area contributed by atoms with Gasteiger partial charge in [-0.05, 0) is 49.1 Å². The van der Waals surface area contributed by atoms with Crippen LogP contribution in [0.15, 0.2) is 52.0 Å². The van der Waals surface area contributed by atoms with E-state index in [0.29, 0.717) is 23.8 Å². The van der Waals surface area contributed by atoms with Crippen molar-refractivity contribution in [2.75, 3.05) is 13.1 Å². The zero-order chi connectivity index (χ0) is 17.9. The minimum absolute atomic E-state index is 0.0666. The number of amides is 1. The number of rotatable bonds is 5. The molecule has 1 aliphatic rings. The number of nitrogens with zero attached hydrogens (tertiary/aromatic N) is 1. The fraction of sp³-hybridized carbons (Fsp3) is 0.389. The van der Waals surface area contributed by atoms with Crippen LogP contribution in [0.2, 0.25) is 0 Å². The van der Waals surface area contributed by atoms with Gasteiger partial charge in [-0.15, -0.1) is 0 Å². The van der Waals surface area contributed by atoms with Crippen LogP contribution in [0.25, 0.3) is 0 Å². The summed E-state index contributed by atoms with van der Waals surface area (Å²) < 4.78 is 32.5. The maximum atomic E-state index is 12.7. The van der Waals surface area contributed by atoms with E-state index in [-0.39, 0.29) is 17.3 Å². The van der Waals surface area contributed by atoms with Crippen LogP contribution in [0.5, 0.6) is 0 Å². The van der Waals surface area contributed by atoms with Gasteiger partial charge >= 0.3 is 0 Å². The number of nitrogens with one attached hydrogen (secondary N) is 1. The van der Waals surface area contributed by atoms with Gasteiger partial charge in [0.25, 0.3) is 5.91 Å². The number of piperidine rings is 1. The monoisotopic (exact) mass is 362 g/mol. The molecule has 1 unspecified atom stereocenters. The normalized spacial score (nSPS) is 18.3. The summed E-state index contributed by atoms with van der Waals surface area (Å²) in [7, 11) is -3.71. The molecule has 1 saturated heterocycles. The lowest BCUT2D eigenvalue weighted by Crippen LogP contribution is -2.39. The molecule has 2 heterocycles. The van der Waals surface area contributed by atoms with Gasteiger partial charge in [-0.2, -0.15) is 0 Å². The predicted octanol–water partition coefficient (Wildman–Crippen LogP) is 2.63. The molecule has 25 heavy (non-hydrogen) atoms. The lowest BCUT2D eigenvalue weighted by atomic mass is 9.99. The van der Waals surface area contributed by atoms with E-state index in [1.54, 1.807) is 29.2 Å². The summed E-state index contributed by atoms with van der Waals surface area (Å²) in [5.74, 6) is 0.882. The van der Waals surface area contributed by atoms with Gasteiger partial charge in [0.05, 0.1) is 17.7 Å². The van der Waals surface area contributed by atoms with Gasteiger partial charge in [-0.1, -0.05) is 13.0 Å². The number of hydrogen-bond acceptors (Lipinski definition) is 4. The predicted molar refractivity (Wildman–Crippen MR) is 93.5 cm³/mol. The van der Waals surface area contributed by atoms with Gasteiger partial charge < -0.3 is 9.32 Å². The summed E-state index contributed by atoms with van der Waals surface area (Å²) >= 11 is 0. The molecule has 0 saturated carbocycles. The molecule has 0 spiro atoms. The molecule has 7 heteroatoms. The molecule has 1 amide bonds. The first-order valence-corrected chi connectivity index (χ1v) is 9.85. The van der Waals surface area contributed by atoms with Crippen molar-refractivity contribution >= 4 is 15.9 Å². The van der Waals surface area contributed by atoms with Crippen LogP contribution >= 0.6 is 0 Å². The minimum Gasteiger partial charge on any atom is -0.468 e. The largest absolute Gasteiger partial charge is 0.468 e. The summed E-state index contributed by atoms with van der Waals surface area (Å²) in [5, 5.41) is 0. The molecule has 3 rings (SSSR count). The molecule has 1 atom stereocenters. The van der Waals surface area contributed by atoms with E-state index in [4.69, 9.17) is 4.42 Å². The second-order valence-electron chi connectivity index (χ2n) is 6.43. The number of sulfonamides is 1. The van der Waals surface area contributed by atoms with Gasteiger partial charge in [0, 0.05) is 18.7 Å². The van der Waals surface area contributed by atoms with Gasteiger partial charge in [-0.25, -0.2) is 13.1 Å². The molecular weight excluding hydrogens is 340 g/mol. The Bertz CT molecular complexity index is 831. The fourth-order valence-electron chi connectivity index (χ4n) is 3.02. The smallest absolute Gasteiger partial charge is 0.253 e. The Morgan fingerprint density at radius 1 is 1.32 bits per heavy atom. The number of benzene rings is 1. The van der Waals surface area contributed by atoms with Crippen molar-refractivity contribution in [3.05, 3.63) is 54.0 Å². The highest BCUT2D eigenvalue weighted by Crippen LogP contribution is 2.19. The Labute approximate surface area is 147 Å². The highest BCUT2D eigenvalue weighted by molar-refractivity contribution is 7.89. The molecular formula is C18H22N2O4S. The summed E-state index contributed by atoms with van der Waals surface area (Å²) in [6.45, 7) is 3.62. The zero-order valence-corrected chi connectivity index (χ0v) is 15.0. The van der Waals surface area contributed by atoms with Crippen LogP contribution in [0.3, 0.4) is 0 Å². The second kappa shape index (κ2) is 7.41. The van der Waals surface area contributed by atoms with E-state index in [1.807, 2.05) is 0 Å². The Morgan fingerprint density at radius 2 is 2.16 bits per heavy atom. The number of carbonyl (C=O) groups excluding carboxylic acids is 1. The van der Waals surface area contributed by atoms with Crippen molar-refractivity contribution < 1.29 is 17.6 Å².